The van der Waals surface area contributed by atoms with Crippen molar-refractivity contribution in [3.63, 3.8) is 0 Å². The SMILES string of the molecule is CNC(=O)ON=C(C)[C@@H](C)[S@](C)=O. The Morgan fingerprint density at radius 3 is 2.54 bits per heavy atom. The average Bonchev–Trinajstić information content (AvgIpc) is 2.11. The number of hydrogen-bond donors (Lipinski definition) is 1. The molecule has 0 radical (unpaired) electrons. The number of carbonyl (C=O) groups excluding carboxylic acids is 1. The highest BCUT2D eigenvalue weighted by Gasteiger charge is 2.10. The quantitative estimate of drug-likeness (QED) is 0.415. The summed E-state index contributed by atoms with van der Waals surface area (Å²) in [7, 11) is 0.440. The van der Waals surface area contributed by atoms with Crippen molar-refractivity contribution in [1.29, 1.82) is 0 Å². The molecule has 2 atom stereocenters. The summed E-state index contributed by atoms with van der Waals surface area (Å²) in [6, 6.07) is 0. The maximum atomic E-state index is 11.0. The van der Waals surface area contributed by atoms with Crippen molar-refractivity contribution in [3.05, 3.63) is 0 Å². The molecule has 13 heavy (non-hydrogen) atoms. The second kappa shape index (κ2) is 5.69. The summed E-state index contributed by atoms with van der Waals surface area (Å²) in [5.74, 6) is 0. The standard InChI is InChI=1S/C7H14N2O3S/c1-5(6(2)13(4)11)9-12-7(10)8-3/h6H,1-4H3,(H,8,10)/t6-,13+/m1/s1. The molecule has 0 rings (SSSR count). The zero-order valence-electron chi connectivity index (χ0n) is 8.16. The molecule has 0 aliphatic carbocycles. The van der Waals surface area contributed by atoms with Gasteiger partial charge < -0.3 is 5.32 Å². The molecule has 0 heterocycles. The van der Waals surface area contributed by atoms with Crippen molar-refractivity contribution < 1.29 is 13.8 Å². The zero-order chi connectivity index (χ0) is 10.4. The third-order valence-corrected chi connectivity index (χ3v) is 2.90. The number of amides is 1. The van der Waals surface area contributed by atoms with Gasteiger partial charge >= 0.3 is 6.09 Å². The predicted octanol–water partition coefficient (Wildman–Crippen LogP) is 0.485. The fourth-order valence-electron chi connectivity index (χ4n) is 0.474. The van der Waals surface area contributed by atoms with Crippen molar-refractivity contribution in [1.82, 2.24) is 5.32 Å². The summed E-state index contributed by atoms with van der Waals surface area (Å²) in [6.07, 6.45) is 0.942. The van der Waals surface area contributed by atoms with Crippen LogP contribution in [0.15, 0.2) is 5.16 Å². The van der Waals surface area contributed by atoms with E-state index in [9.17, 15) is 9.00 Å². The van der Waals surface area contributed by atoms with Gasteiger partial charge in [-0.05, 0) is 13.8 Å². The molecule has 0 aromatic heterocycles. The van der Waals surface area contributed by atoms with Gasteiger partial charge in [0.2, 0.25) is 0 Å². The van der Waals surface area contributed by atoms with E-state index in [4.69, 9.17) is 0 Å². The van der Waals surface area contributed by atoms with Crippen molar-refractivity contribution >= 4 is 22.6 Å². The van der Waals surface area contributed by atoms with E-state index in [2.05, 4.69) is 15.3 Å². The Balaban J connectivity index is 4.16. The lowest BCUT2D eigenvalue weighted by Crippen LogP contribution is -2.22. The van der Waals surface area contributed by atoms with E-state index in [1.807, 2.05) is 0 Å². The highest BCUT2D eigenvalue weighted by Crippen LogP contribution is 1.97. The molecule has 0 aromatic carbocycles. The Bertz CT molecular complexity index is 240. The summed E-state index contributed by atoms with van der Waals surface area (Å²) in [6.45, 7) is 3.41. The number of carbonyl (C=O) groups is 1. The van der Waals surface area contributed by atoms with E-state index in [1.165, 1.54) is 7.05 Å². The minimum atomic E-state index is -1.000. The van der Waals surface area contributed by atoms with Gasteiger partial charge in [0.15, 0.2) is 0 Å². The van der Waals surface area contributed by atoms with Gasteiger partial charge in [0.1, 0.15) is 0 Å². The number of hydrogen-bond acceptors (Lipinski definition) is 4. The van der Waals surface area contributed by atoms with Crippen LogP contribution in [-0.2, 0) is 15.6 Å². The topological polar surface area (TPSA) is 67.8 Å². The molecule has 0 aromatic rings. The normalized spacial score (nSPS) is 16.2. The molecule has 0 saturated heterocycles. The third kappa shape index (κ3) is 4.62. The van der Waals surface area contributed by atoms with E-state index in [1.54, 1.807) is 20.1 Å². The van der Waals surface area contributed by atoms with Gasteiger partial charge in [-0.15, -0.1) is 0 Å². The summed E-state index contributed by atoms with van der Waals surface area (Å²) in [5.41, 5.74) is 0.532. The average molecular weight is 206 g/mol. The maximum absolute atomic E-state index is 11.0. The number of nitrogens with one attached hydrogen (secondary N) is 1. The molecule has 0 aliphatic rings. The zero-order valence-corrected chi connectivity index (χ0v) is 8.97. The van der Waals surface area contributed by atoms with Gasteiger partial charge in [-0.1, -0.05) is 5.16 Å². The summed E-state index contributed by atoms with van der Waals surface area (Å²) in [4.78, 5) is 15.0. The first-order valence-electron chi connectivity index (χ1n) is 3.74. The summed E-state index contributed by atoms with van der Waals surface area (Å²) in [5, 5.41) is 5.57. The van der Waals surface area contributed by atoms with Gasteiger partial charge in [0, 0.05) is 24.1 Å². The first-order valence-corrected chi connectivity index (χ1v) is 5.36. The summed E-state index contributed by atoms with van der Waals surface area (Å²) >= 11 is 0. The van der Waals surface area contributed by atoms with Crippen LogP contribution in [-0.4, -0.2) is 34.6 Å². The van der Waals surface area contributed by atoms with Gasteiger partial charge in [-0.25, -0.2) is 4.79 Å². The van der Waals surface area contributed by atoms with Crippen LogP contribution in [0.1, 0.15) is 13.8 Å². The Morgan fingerprint density at radius 1 is 1.62 bits per heavy atom. The molecule has 5 nitrogen and oxygen atoms in total. The van der Waals surface area contributed by atoms with Gasteiger partial charge in [-0.2, -0.15) is 0 Å². The molecule has 6 heteroatoms. The third-order valence-electron chi connectivity index (χ3n) is 1.56. The molecular weight excluding hydrogens is 192 g/mol. The van der Waals surface area contributed by atoms with Gasteiger partial charge in [0.05, 0.1) is 11.0 Å². The van der Waals surface area contributed by atoms with E-state index in [0.29, 0.717) is 5.71 Å². The van der Waals surface area contributed by atoms with Gasteiger partial charge in [0.25, 0.3) is 0 Å². The lowest BCUT2D eigenvalue weighted by atomic mass is 10.3. The number of oxime groups is 1. The molecule has 0 unspecified atom stereocenters. The molecule has 1 amide bonds. The second-order valence-electron chi connectivity index (χ2n) is 2.50. The van der Waals surface area contributed by atoms with Gasteiger partial charge in [-0.3, -0.25) is 9.05 Å². The Morgan fingerprint density at radius 2 is 2.15 bits per heavy atom. The minimum Gasteiger partial charge on any atom is -0.323 e. The van der Waals surface area contributed by atoms with E-state index >= 15 is 0 Å². The van der Waals surface area contributed by atoms with Crippen molar-refractivity contribution in [2.75, 3.05) is 13.3 Å². The van der Waals surface area contributed by atoms with Crippen LogP contribution in [0.2, 0.25) is 0 Å². The fourth-order valence-corrected chi connectivity index (χ4v) is 0.997. The Labute approximate surface area is 80.0 Å². The first-order chi connectivity index (χ1) is 5.99. The Hall–Kier alpha value is -0.910. The van der Waals surface area contributed by atoms with Crippen LogP contribution in [0.25, 0.3) is 0 Å². The van der Waals surface area contributed by atoms with Crippen molar-refractivity contribution in [2.24, 2.45) is 5.16 Å². The summed E-state index contributed by atoms with van der Waals surface area (Å²) < 4.78 is 11.0. The molecule has 1 N–H and O–H groups in total. The fraction of sp³-hybridized carbons (Fsp3) is 0.714. The largest absolute Gasteiger partial charge is 0.433 e. The number of nitrogens with zero attached hydrogens (tertiary/aromatic N) is 1. The highest BCUT2D eigenvalue weighted by molar-refractivity contribution is 7.85. The molecule has 0 bridgehead atoms. The van der Waals surface area contributed by atoms with Crippen LogP contribution in [0.4, 0.5) is 4.79 Å². The van der Waals surface area contributed by atoms with Crippen LogP contribution in [0.5, 0.6) is 0 Å². The van der Waals surface area contributed by atoms with Crippen LogP contribution in [0, 0.1) is 0 Å². The van der Waals surface area contributed by atoms with Crippen LogP contribution in [0.3, 0.4) is 0 Å². The van der Waals surface area contributed by atoms with Crippen molar-refractivity contribution in [2.45, 2.75) is 19.1 Å². The predicted molar refractivity (Wildman–Crippen MR) is 52.2 cm³/mol. The van der Waals surface area contributed by atoms with E-state index in [0.717, 1.165) is 0 Å². The molecule has 0 fully saturated rings. The Kier molecular flexibility index (Phi) is 5.29. The van der Waals surface area contributed by atoms with E-state index < -0.39 is 16.9 Å². The van der Waals surface area contributed by atoms with Crippen LogP contribution < -0.4 is 5.32 Å². The second-order valence-corrected chi connectivity index (χ2v) is 4.21. The van der Waals surface area contributed by atoms with Crippen molar-refractivity contribution in [3.8, 4) is 0 Å². The minimum absolute atomic E-state index is 0.204. The molecule has 0 spiro atoms. The molecule has 76 valence electrons. The molecule has 0 aliphatic heterocycles. The lowest BCUT2D eigenvalue weighted by molar-refractivity contribution is 0.153. The molecule has 0 saturated carbocycles. The maximum Gasteiger partial charge on any atom is 0.433 e. The highest BCUT2D eigenvalue weighted by atomic mass is 32.2. The number of rotatable bonds is 3. The lowest BCUT2D eigenvalue weighted by Gasteiger charge is -2.05. The van der Waals surface area contributed by atoms with E-state index in [-0.39, 0.29) is 5.25 Å². The first kappa shape index (κ1) is 12.1. The van der Waals surface area contributed by atoms with Crippen LogP contribution >= 0.6 is 0 Å². The monoisotopic (exact) mass is 206 g/mol. The molecular formula is C7H14N2O3S. The smallest absolute Gasteiger partial charge is 0.323 e.